The quantitative estimate of drug-likeness (QED) is 0.766. The lowest BCUT2D eigenvalue weighted by atomic mass is 9.89. The fourth-order valence-corrected chi connectivity index (χ4v) is 3.05. The molecule has 0 spiro atoms. The van der Waals surface area contributed by atoms with Gasteiger partial charge in [-0.1, -0.05) is 20.8 Å². The molecule has 3 nitrogen and oxygen atoms in total. The molecule has 1 unspecified atom stereocenters. The van der Waals surface area contributed by atoms with E-state index in [-0.39, 0.29) is 5.41 Å². The number of carbonyl (C=O) groups excluding carboxylic acids is 1. The average molecular weight is 252 g/mol. The van der Waals surface area contributed by atoms with E-state index >= 15 is 0 Å². The number of ketones is 1. The van der Waals surface area contributed by atoms with E-state index in [0.717, 1.165) is 19.0 Å². The van der Waals surface area contributed by atoms with Gasteiger partial charge in [0.15, 0.2) is 0 Å². The Bertz CT molecular complexity index is 289. The molecule has 3 heteroatoms. The highest BCUT2D eigenvalue weighted by atomic mass is 16.1. The van der Waals surface area contributed by atoms with Crippen LogP contribution in [0.1, 0.15) is 46.5 Å². The number of rotatable bonds is 4. The maximum atomic E-state index is 11.9. The first-order chi connectivity index (χ1) is 8.47. The van der Waals surface area contributed by atoms with E-state index in [1.807, 2.05) is 20.8 Å². The van der Waals surface area contributed by atoms with E-state index in [0.29, 0.717) is 5.78 Å². The predicted octanol–water partition coefficient (Wildman–Crippen LogP) is 2.16. The van der Waals surface area contributed by atoms with E-state index in [4.69, 9.17) is 0 Å². The second-order valence-electron chi connectivity index (χ2n) is 6.91. The SMILES string of the molecule is CC(C)(C)C(=O)CCN1CCC(N2CCCC2)C1. The van der Waals surface area contributed by atoms with E-state index in [1.54, 1.807) is 0 Å². The summed E-state index contributed by atoms with van der Waals surface area (Å²) < 4.78 is 0. The zero-order chi connectivity index (χ0) is 13.2. The summed E-state index contributed by atoms with van der Waals surface area (Å²) in [6.45, 7) is 12.0. The molecule has 0 bridgehead atoms. The molecule has 0 N–H and O–H groups in total. The van der Waals surface area contributed by atoms with Crippen LogP contribution in [0.4, 0.5) is 0 Å². The zero-order valence-electron chi connectivity index (χ0n) is 12.2. The monoisotopic (exact) mass is 252 g/mol. The van der Waals surface area contributed by atoms with E-state index in [2.05, 4.69) is 9.80 Å². The fraction of sp³-hybridized carbons (Fsp3) is 0.933. The average Bonchev–Trinajstić information content (AvgIpc) is 2.94. The van der Waals surface area contributed by atoms with Crippen molar-refractivity contribution < 1.29 is 4.79 Å². The van der Waals surface area contributed by atoms with Gasteiger partial charge in [0.25, 0.3) is 0 Å². The standard InChI is InChI=1S/C15H28N2O/c1-15(2,3)14(18)7-11-16-10-6-13(12-16)17-8-4-5-9-17/h13H,4-12H2,1-3H3. The van der Waals surface area contributed by atoms with Crippen molar-refractivity contribution in [1.82, 2.24) is 9.80 Å². The lowest BCUT2D eigenvalue weighted by Gasteiger charge is -2.24. The Balaban J connectivity index is 1.71. The highest BCUT2D eigenvalue weighted by Gasteiger charge is 2.30. The first kappa shape index (κ1) is 14.0. The van der Waals surface area contributed by atoms with E-state index in [9.17, 15) is 4.79 Å². The molecule has 18 heavy (non-hydrogen) atoms. The molecule has 2 heterocycles. The number of hydrogen-bond donors (Lipinski definition) is 0. The molecule has 0 saturated carbocycles. The lowest BCUT2D eigenvalue weighted by Crippen LogP contribution is -2.36. The van der Waals surface area contributed by atoms with Crippen molar-refractivity contribution in [3.8, 4) is 0 Å². The Morgan fingerprint density at radius 2 is 1.83 bits per heavy atom. The third-order valence-electron chi connectivity index (χ3n) is 4.40. The molecule has 2 rings (SSSR count). The first-order valence-electron chi connectivity index (χ1n) is 7.46. The Hall–Kier alpha value is -0.410. The summed E-state index contributed by atoms with van der Waals surface area (Å²) in [4.78, 5) is 17.0. The van der Waals surface area contributed by atoms with Gasteiger partial charge in [0.05, 0.1) is 0 Å². The second kappa shape index (κ2) is 5.70. The summed E-state index contributed by atoms with van der Waals surface area (Å²) in [6, 6.07) is 0.761. The van der Waals surface area contributed by atoms with Gasteiger partial charge in [-0.05, 0) is 38.9 Å². The van der Waals surface area contributed by atoms with Crippen molar-refractivity contribution in [1.29, 1.82) is 0 Å². The van der Waals surface area contributed by atoms with E-state index < -0.39 is 0 Å². The molecule has 0 radical (unpaired) electrons. The van der Waals surface area contributed by atoms with Crippen molar-refractivity contribution in [2.24, 2.45) is 5.41 Å². The summed E-state index contributed by atoms with van der Waals surface area (Å²) in [5, 5.41) is 0. The molecule has 104 valence electrons. The third-order valence-corrected chi connectivity index (χ3v) is 4.40. The van der Waals surface area contributed by atoms with Gasteiger partial charge >= 0.3 is 0 Å². The minimum Gasteiger partial charge on any atom is -0.301 e. The van der Waals surface area contributed by atoms with Gasteiger partial charge in [-0.15, -0.1) is 0 Å². The van der Waals surface area contributed by atoms with Crippen LogP contribution in [0.3, 0.4) is 0 Å². The molecule has 0 aromatic heterocycles. The van der Waals surface area contributed by atoms with Crippen molar-refractivity contribution in [2.75, 3.05) is 32.7 Å². The summed E-state index contributed by atoms with van der Waals surface area (Å²) in [5.74, 6) is 0.395. The Labute approximate surface area is 112 Å². The van der Waals surface area contributed by atoms with Gasteiger partial charge in [-0.2, -0.15) is 0 Å². The van der Waals surface area contributed by atoms with E-state index in [1.165, 1.54) is 45.4 Å². The zero-order valence-corrected chi connectivity index (χ0v) is 12.2. The second-order valence-corrected chi connectivity index (χ2v) is 6.91. The summed E-state index contributed by atoms with van der Waals surface area (Å²) >= 11 is 0. The van der Waals surface area contributed by atoms with Gasteiger partial charge in [-0.25, -0.2) is 0 Å². The van der Waals surface area contributed by atoms with Crippen LogP contribution in [0.5, 0.6) is 0 Å². The molecule has 0 aromatic rings. The largest absolute Gasteiger partial charge is 0.301 e. The lowest BCUT2D eigenvalue weighted by molar-refractivity contribution is -0.126. The maximum absolute atomic E-state index is 11.9. The molecule has 1 atom stereocenters. The predicted molar refractivity (Wildman–Crippen MR) is 74.7 cm³/mol. The number of Topliss-reactive ketones (excluding diaryl/α,β-unsaturated/α-hetero) is 1. The van der Waals surface area contributed by atoms with Crippen LogP contribution in [0.15, 0.2) is 0 Å². The molecule has 2 aliphatic rings. The van der Waals surface area contributed by atoms with Gasteiger partial charge in [0.1, 0.15) is 5.78 Å². The fourth-order valence-electron chi connectivity index (χ4n) is 3.05. The van der Waals surface area contributed by atoms with Gasteiger partial charge in [0, 0.05) is 31.0 Å². The van der Waals surface area contributed by atoms with Gasteiger partial charge < -0.3 is 4.90 Å². The molecular weight excluding hydrogens is 224 g/mol. The highest BCUT2D eigenvalue weighted by Crippen LogP contribution is 2.22. The summed E-state index contributed by atoms with van der Waals surface area (Å²) in [7, 11) is 0. The van der Waals surface area contributed by atoms with Crippen molar-refractivity contribution in [2.45, 2.75) is 52.5 Å². The minimum absolute atomic E-state index is 0.173. The van der Waals surface area contributed by atoms with Crippen LogP contribution in [0.2, 0.25) is 0 Å². The molecule has 2 aliphatic heterocycles. The molecule has 0 aromatic carbocycles. The number of hydrogen-bond acceptors (Lipinski definition) is 3. The van der Waals surface area contributed by atoms with Crippen molar-refractivity contribution >= 4 is 5.78 Å². The van der Waals surface area contributed by atoms with Crippen LogP contribution in [0, 0.1) is 5.41 Å². The summed E-state index contributed by atoms with van der Waals surface area (Å²) in [6.07, 6.45) is 4.76. The van der Waals surface area contributed by atoms with Crippen LogP contribution >= 0.6 is 0 Å². The van der Waals surface area contributed by atoms with Gasteiger partial charge in [0.2, 0.25) is 0 Å². The normalized spacial score (nSPS) is 26.9. The molecular formula is C15H28N2O. The van der Waals surface area contributed by atoms with Crippen LogP contribution < -0.4 is 0 Å². The highest BCUT2D eigenvalue weighted by molar-refractivity contribution is 5.83. The topological polar surface area (TPSA) is 23.6 Å². The van der Waals surface area contributed by atoms with Crippen LogP contribution in [-0.2, 0) is 4.79 Å². The van der Waals surface area contributed by atoms with Crippen LogP contribution in [-0.4, -0.2) is 54.3 Å². The van der Waals surface area contributed by atoms with Crippen molar-refractivity contribution in [3.63, 3.8) is 0 Å². The maximum Gasteiger partial charge on any atom is 0.139 e. The molecule has 0 aliphatic carbocycles. The Kier molecular flexibility index (Phi) is 4.44. The third kappa shape index (κ3) is 3.55. The Morgan fingerprint density at radius 3 is 2.44 bits per heavy atom. The number of nitrogens with zero attached hydrogens (tertiary/aromatic N) is 2. The smallest absolute Gasteiger partial charge is 0.139 e. The van der Waals surface area contributed by atoms with Crippen molar-refractivity contribution in [3.05, 3.63) is 0 Å². The first-order valence-corrected chi connectivity index (χ1v) is 7.46. The number of likely N-dealkylation sites (tertiary alicyclic amines) is 2. The molecule has 2 saturated heterocycles. The van der Waals surface area contributed by atoms with Crippen LogP contribution in [0.25, 0.3) is 0 Å². The molecule has 2 fully saturated rings. The molecule has 0 amide bonds. The summed E-state index contributed by atoms with van der Waals surface area (Å²) in [5.41, 5.74) is -0.173. The van der Waals surface area contributed by atoms with Gasteiger partial charge in [-0.3, -0.25) is 9.69 Å². The Morgan fingerprint density at radius 1 is 1.17 bits per heavy atom. The minimum atomic E-state index is -0.173. The number of carbonyl (C=O) groups is 1.